The summed E-state index contributed by atoms with van der Waals surface area (Å²) in [5.74, 6) is -0.363. The maximum Gasteiger partial charge on any atom is 0.276 e. The number of H-pyrrole nitrogens is 1. The van der Waals surface area contributed by atoms with E-state index in [-0.39, 0.29) is 30.3 Å². The lowest BCUT2D eigenvalue weighted by molar-refractivity contribution is 0.0942. The summed E-state index contributed by atoms with van der Waals surface area (Å²) in [5.41, 5.74) is 4.41. The Balaban J connectivity index is 0.00000243. The minimum absolute atomic E-state index is 0. The number of nitrogens with one attached hydrogen (secondary N) is 4. The highest BCUT2D eigenvalue weighted by Crippen LogP contribution is 2.19. The van der Waals surface area contributed by atoms with Gasteiger partial charge in [0.15, 0.2) is 5.69 Å². The van der Waals surface area contributed by atoms with Gasteiger partial charge in [0, 0.05) is 48.1 Å². The molecule has 2 heterocycles. The molecule has 8 heteroatoms. The molecule has 140 valence electrons. The molecule has 1 aromatic heterocycles. The summed E-state index contributed by atoms with van der Waals surface area (Å²) in [6.45, 7) is 7.21. The third-order valence-corrected chi connectivity index (χ3v) is 4.17. The van der Waals surface area contributed by atoms with E-state index in [1.807, 2.05) is 20.8 Å². The summed E-state index contributed by atoms with van der Waals surface area (Å²) in [4.78, 5) is 24.7. The van der Waals surface area contributed by atoms with E-state index in [2.05, 4.69) is 26.1 Å². The Morgan fingerprint density at radius 2 is 2.00 bits per heavy atom. The van der Waals surface area contributed by atoms with Crippen LogP contribution in [0.15, 0.2) is 18.2 Å². The van der Waals surface area contributed by atoms with Crippen molar-refractivity contribution in [3.8, 4) is 0 Å². The molecule has 0 radical (unpaired) electrons. The van der Waals surface area contributed by atoms with Crippen LogP contribution in [0.3, 0.4) is 0 Å². The zero-order valence-corrected chi connectivity index (χ0v) is 15.9. The van der Waals surface area contributed by atoms with Gasteiger partial charge < -0.3 is 16.0 Å². The molecule has 0 saturated heterocycles. The summed E-state index contributed by atoms with van der Waals surface area (Å²) < 4.78 is 0. The largest absolute Gasteiger partial charge is 0.350 e. The fourth-order valence-electron chi connectivity index (χ4n) is 2.94. The second-order valence-electron chi connectivity index (χ2n) is 6.57. The maximum atomic E-state index is 12.5. The number of halogens is 1. The first-order valence-corrected chi connectivity index (χ1v) is 8.45. The van der Waals surface area contributed by atoms with Crippen molar-refractivity contribution in [2.75, 3.05) is 11.9 Å². The Morgan fingerprint density at radius 3 is 2.69 bits per heavy atom. The molecular weight excluding hydrogens is 354 g/mol. The van der Waals surface area contributed by atoms with Crippen LogP contribution in [0, 0.1) is 6.92 Å². The lowest BCUT2D eigenvalue weighted by Crippen LogP contribution is -2.30. The van der Waals surface area contributed by atoms with Crippen molar-refractivity contribution >= 4 is 29.9 Å². The number of anilines is 1. The van der Waals surface area contributed by atoms with Crippen LogP contribution in [0.5, 0.6) is 0 Å². The Labute approximate surface area is 158 Å². The van der Waals surface area contributed by atoms with Crippen molar-refractivity contribution in [3.63, 3.8) is 0 Å². The highest BCUT2D eigenvalue weighted by atomic mass is 35.5. The summed E-state index contributed by atoms with van der Waals surface area (Å²) in [6, 6.07) is 5.33. The lowest BCUT2D eigenvalue weighted by Gasteiger charge is -2.14. The number of aromatic amines is 1. The molecule has 1 aromatic carbocycles. The average molecular weight is 378 g/mol. The zero-order chi connectivity index (χ0) is 18.0. The number of aromatic nitrogens is 2. The molecule has 0 atom stereocenters. The van der Waals surface area contributed by atoms with Crippen molar-refractivity contribution in [2.45, 2.75) is 39.8 Å². The predicted molar refractivity (Wildman–Crippen MR) is 103 cm³/mol. The molecule has 0 fully saturated rings. The van der Waals surface area contributed by atoms with Gasteiger partial charge in [-0.1, -0.05) is 0 Å². The number of hydrogen-bond acceptors (Lipinski definition) is 4. The number of hydrogen-bond donors (Lipinski definition) is 4. The van der Waals surface area contributed by atoms with E-state index in [1.54, 1.807) is 18.2 Å². The topological polar surface area (TPSA) is 98.9 Å². The Morgan fingerprint density at radius 1 is 1.23 bits per heavy atom. The highest BCUT2D eigenvalue weighted by Gasteiger charge is 2.21. The standard InChI is InChI=1S/C18H23N5O2.ClH/c1-10(2)20-17(24)13-5-4-12(8-11(13)3)21-18(25)16-14-9-19-7-6-15(14)22-23-16;/h4-5,8,10,19H,6-7,9H2,1-3H3,(H,20,24)(H,21,25)(H,22,23);1H. The normalized spacial score (nSPS) is 12.9. The number of nitrogens with zero attached hydrogens (tertiary/aromatic N) is 1. The van der Waals surface area contributed by atoms with E-state index in [4.69, 9.17) is 0 Å². The maximum absolute atomic E-state index is 12.5. The minimum Gasteiger partial charge on any atom is -0.350 e. The van der Waals surface area contributed by atoms with Gasteiger partial charge in [-0.25, -0.2) is 0 Å². The number of carbonyl (C=O) groups excluding carboxylic acids is 2. The monoisotopic (exact) mass is 377 g/mol. The Bertz CT molecular complexity index is 816. The van der Waals surface area contributed by atoms with E-state index in [0.29, 0.717) is 23.5 Å². The lowest BCUT2D eigenvalue weighted by atomic mass is 10.1. The van der Waals surface area contributed by atoms with Gasteiger partial charge in [0.05, 0.1) is 0 Å². The summed E-state index contributed by atoms with van der Waals surface area (Å²) in [6.07, 6.45) is 0.842. The van der Waals surface area contributed by atoms with E-state index >= 15 is 0 Å². The molecular formula is C18H24ClN5O2. The third-order valence-electron chi connectivity index (χ3n) is 4.17. The van der Waals surface area contributed by atoms with Crippen LogP contribution < -0.4 is 16.0 Å². The van der Waals surface area contributed by atoms with Gasteiger partial charge in [0.2, 0.25) is 0 Å². The van der Waals surface area contributed by atoms with E-state index in [0.717, 1.165) is 29.8 Å². The molecule has 0 aliphatic carbocycles. The summed E-state index contributed by atoms with van der Waals surface area (Å²) >= 11 is 0. The molecule has 3 rings (SSSR count). The second kappa shape index (κ2) is 8.33. The van der Waals surface area contributed by atoms with Crippen molar-refractivity contribution in [2.24, 2.45) is 0 Å². The quantitative estimate of drug-likeness (QED) is 0.656. The van der Waals surface area contributed by atoms with Crippen LogP contribution >= 0.6 is 12.4 Å². The van der Waals surface area contributed by atoms with E-state index in [1.165, 1.54) is 0 Å². The van der Waals surface area contributed by atoms with Crippen LogP contribution in [-0.4, -0.2) is 34.6 Å². The minimum atomic E-state index is -0.250. The average Bonchev–Trinajstić information content (AvgIpc) is 2.98. The second-order valence-corrected chi connectivity index (χ2v) is 6.57. The predicted octanol–water partition coefficient (Wildman–Crippen LogP) is 2.18. The van der Waals surface area contributed by atoms with Crippen LogP contribution in [-0.2, 0) is 13.0 Å². The Hall–Kier alpha value is -2.38. The van der Waals surface area contributed by atoms with Gasteiger partial charge in [-0.05, 0) is 44.5 Å². The fraction of sp³-hybridized carbons (Fsp3) is 0.389. The first kappa shape index (κ1) is 19.9. The summed E-state index contributed by atoms with van der Waals surface area (Å²) in [5, 5.41) is 16.1. The van der Waals surface area contributed by atoms with Gasteiger partial charge >= 0.3 is 0 Å². The van der Waals surface area contributed by atoms with E-state index in [9.17, 15) is 9.59 Å². The van der Waals surface area contributed by atoms with E-state index < -0.39 is 0 Å². The molecule has 26 heavy (non-hydrogen) atoms. The molecule has 2 amide bonds. The van der Waals surface area contributed by atoms with Crippen molar-refractivity contribution in [3.05, 3.63) is 46.3 Å². The van der Waals surface area contributed by atoms with Gasteiger partial charge in [0.1, 0.15) is 0 Å². The molecule has 7 nitrogen and oxygen atoms in total. The molecule has 0 bridgehead atoms. The zero-order valence-electron chi connectivity index (χ0n) is 15.1. The first-order chi connectivity index (χ1) is 12.0. The number of fused-ring (bicyclic) bond motifs is 1. The van der Waals surface area contributed by atoms with Crippen LogP contribution in [0.2, 0.25) is 0 Å². The molecule has 0 unspecified atom stereocenters. The van der Waals surface area contributed by atoms with Gasteiger partial charge in [0.25, 0.3) is 11.8 Å². The molecule has 0 spiro atoms. The van der Waals surface area contributed by atoms with Crippen LogP contribution in [0.4, 0.5) is 5.69 Å². The molecule has 1 aliphatic rings. The number of amides is 2. The van der Waals surface area contributed by atoms with Crippen molar-refractivity contribution < 1.29 is 9.59 Å². The number of carbonyl (C=O) groups is 2. The van der Waals surface area contributed by atoms with Crippen molar-refractivity contribution in [1.82, 2.24) is 20.8 Å². The van der Waals surface area contributed by atoms with Crippen LogP contribution in [0.25, 0.3) is 0 Å². The van der Waals surface area contributed by atoms with Gasteiger partial charge in [-0.2, -0.15) is 5.10 Å². The number of aryl methyl sites for hydroxylation is 1. The molecule has 2 aromatic rings. The molecule has 0 saturated carbocycles. The third kappa shape index (κ3) is 4.23. The number of benzene rings is 1. The fourth-order valence-corrected chi connectivity index (χ4v) is 2.94. The SMILES string of the molecule is Cc1cc(NC(=O)c2n[nH]c3c2CNCC3)ccc1C(=O)NC(C)C.Cl. The van der Waals surface area contributed by atoms with Crippen LogP contribution in [0.1, 0.15) is 51.5 Å². The number of rotatable bonds is 4. The van der Waals surface area contributed by atoms with Crippen molar-refractivity contribution in [1.29, 1.82) is 0 Å². The molecule has 4 N–H and O–H groups in total. The smallest absolute Gasteiger partial charge is 0.276 e. The Kier molecular flexibility index (Phi) is 6.39. The molecule has 1 aliphatic heterocycles. The van der Waals surface area contributed by atoms with Gasteiger partial charge in [-0.3, -0.25) is 14.7 Å². The summed E-state index contributed by atoms with van der Waals surface area (Å²) in [7, 11) is 0. The first-order valence-electron chi connectivity index (χ1n) is 8.45. The van der Waals surface area contributed by atoms with Gasteiger partial charge in [-0.15, -0.1) is 12.4 Å². The highest BCUT2D eigenvalue weighted by molar-refractivity contribution is 6.04.